The maximum Gasteiger partial charge on any atom is 0.234 e. The zero-order chi connectivity index (χ0) is 18.9. The predicted octanol–water partition coefficient (Wildman–Crippen LogP) is 2.86. The van der Waals surface area contributed by atoms with Crippen LogP contribution in [0.25, 0.3) is 0 Å². The van der Waals surface area contributed by atoms with Gasteiger partial charge < -0.3 is 10.2 Å². The number of hydrogen-bond donors (Lipinski definition) is 1. The summed E-state index contributed by atoms with van der Waals surface area (Å²) in [5.74, 6) is 0.106. The van der Waals surface area contributed by atoms with E-state index in [0.29, 0.717) is 13.1 Å². The Bertz CT molecular complexity index is 715. The summed E-state index contributed by atoms with van der Waals surface area (Å²) in [4.78, 5) is 16.9. The Balaban J connectivity index is 1.30. The van der Waals surface area contributed by atoms with Crippen LogP contribution in [0.5, 0.6) is 0 Å². The number of hydrogen-bond acceptors (Lipinski definition) is 3. The first-order valence-electron chi connectivity index (χ1n) is 9.69. The topological polar surface area (TPSA) is 35.6 Å². The molecule has 4 nitrogen and oxygen atoms in total. The second-order valence-corrected chi connectivity index (χ2v) is 7.52. The van der Waals surface area contributed by atoms with Crippen molar-refractivity contribution < 1.29 is 4.79 Å². The smallest absolute Gasteiger partial charge is 0.234 e. The van der Waals surface area contributed by atoms with Gasteiger partial charge in [0.15, 0.2) is 0 Å². The third-order valence-corrected chi connectivity index (χ3v) is 5.25. The number of halogens is 1. The van der Waals surface area contributed by atoms with Gasteiger partial charge in [0.25, 0.3) is 0 Å². The average molecular weight is 386 g/mol. The summed E-state index contributed by atoms with van der Waals surface area (Å²) in [6.45, 7) is 6.19. The molecule has 0 aromatic heterocycles. The van der Waals surface area contributed by atoms with Crippen molar-refractivity contribution in [3.8, 4) is 0 Å². The van der Waals surface area contributed by atoms with E-state index in [9.17, 15) is 4.79 Å². The zero-order valence-corrected chi connectivity index (χ0v) is 16.5. The summed E-state index contributed by atoms with van der Waals surface area (Å²) in [5.41, 5.74) is 2.54. The van der Waals surface area contributed by atoms with Crippen molar-refractivity contribution >= 4 is 17.5 Å². The van der Waals surface area contributed by atoms with Gasteiger partial charge in [-0.05, 0) is 36.1 Å². The Morgan fingerprint density at radius 1 is 0.889 bits per heavy atom. The van der Waals surface area contributed by atoms with Gasteiger partial charge in [0, 0.05) is 44.3 Å². The highest BCUT2D eigenvalue weighted by Crippen LogP contribution is 2.10. The van der Waals surface area contributed by atoms with Crippen molar-refractivity contribution in [3.05, 3.63) is 70.7 Å². The summed E-state index contributed by atoms with van der Waals surface area (Å²) in [6, 6.07) is 18.4. The fourth-order valence-corrected chi connectivity index (χ4v) is 3.61. The summed E-state index contributed by atoms with van der Waals surface area (Å²) < 4.78 is 0. The Morgan fingerprint density at radius 3 is 2.33 bits per heavy atom. The number of nitrogens with one attached hydrogen (secondary N) is 1. The van der Waals surface area contributed by atoms with E-state index in [0.717, 1.165) is 56.2 Å². The summed E-state index contributed by atoms with van der Waals surface area (Å²) in [6.07, 6.45) is 1.89. The Morgan fingerprint density at radius 2 is 1.59 bits per heavy atom. The number of benzene rings is 2. The van der Waals surface area contributed by atoms with E-state index in [1.165, 1.54) is 5.56 Å². The number of carbonyl (C=O) groups excluding carboxylic acids is 1. The lowest BCUT2D eigenvalue weighted by molar-refractivity contribution is -0.122. The minimum Gasteiger partial charge on any atom is -0.355 e. The van der Waals surface area contributed by atoms with Crippen molar-refractivity contribution in [2.45, 2.75) is 12.8 Å². The second-order valence-electron chi connectivity index (χ2n) is 7.08. The molecule has 1 saturated heterocycles. The molecule has 0 bridgehead atoms. The lowest BCUT2D eigenvalue weighted by Crippen LogP contribution is -2.49. The number of piperazine rings is 1. The molecule has 2 aromatic rings. The SMILES string of the molecule is O=C(CN1CCN(CCc2ccccc2)CC1)NCCc1cccc(Cl)c1. The maximum atomic E-state index is 12.2. The van der Waals surface area contributed by atoms with Gasteiger partial charge in [-0.25, -0.2) is 0 Å². The number of rotatable bonds is 8. The molecule has 0 saturated carbocycles. The molecule has 0 atom stereocenters. The van der Waals surface area contributed by atoms with Crippen LogP contribution in [0.3, 0.4) is 0 Å². The van der Waals surface area contributed by atoms with E-state index < -0.39 is 0 Å². The van der Waals surface area contributed by atoms with E-state index in [-0.39, 0.29) is 5.91 Å². The average Bonchev–Trinajstić information content (AvgIpc) is 2.68. The van der Waals surface area contributed by atoms with Crippen LogP contribution in [0.2, 0.25) is 5.02 Å². The van der Waals surface area contributed by atoms with Gasteiger partial charge in [-0.3, -0.25) is 9.69 Å². The first-order valence-corrected chi connectivity index (χ1v) is 10.1. The van der Waals surface area contributed by atoms with Crippen molar-refractivity contribution in [2.24, 2.45) is 0 Å². The molecule has 27 heavy (non-hydrogen) atoms. The molecule has 0 aliphatic carbocycles. The molecule has 1 aliphatic rings. The van der Waals surface area contributed by atoms with Crippen LogP contribution in [-0.2, 0) is 17.6 Å². The van der Waals surface area contributed by atoms with Gasteiger partial charge in [-0.2, -0.15) is 0 Å². The molecule has 1 amide bonds. The molecule has 0 spiro atoms. The van der Waals surface area contributed by atoms with Gasteiger partial charge in [-0.15, -0.1) is 0 Å². The molecule has 1 aliphatic heterocycles. The quantitative estimate of drug-likeness (QED) is 0.759. The Hall–Kier alpha value is -1.88. The lowest BCUT2D eigenvalue weighted by atomic mass is 10.1. The molecule has 3 rings (SSSR count). The van der Waals surface area contributed by atoms with Crippen LogP contribution in [0.4, 0.5) is 0 Å². The summed E-state index contributed by atoms with van der Waals surface area (Å²) in [7, 11) is 0. The molecule has 5 heteroatoms. The van der Waals surface area contributed by atoms with Crippen LogP contribution in [0, 0.1) is 0 Å². The minimum absolute atomic E-state index is 0.106. The first kappa shape index (κ1) is 19.9. The second kappa shape index (κ2) is 10.5. The first-order chi connectivity index (χ1) is 13.2. The molecule has 0 unspecified atom stereocenters. The molecule has 1 N–H and O–H groups in total. The van der Waals surface area contributed by atoms with Gasteiger partial charge in [0.05, 0.1) is 6.54 Å². The van der Waals surface area contributed by atoms with Crippen molar-refractivity contribution in [3.63, 3.8) is 0 Å². The fraction of sp³-hybridized carbons (Fsp3) is 0.409. The maximum absolute atomic E-state index is 12.2. The lowest BCUT2D eigenvalue weighted by Gasteiger charge is -2.34. The molecule has 1 heterocycles. The van der Waals surface area contributed by atoms with Crippen molar-refractivity contribution in [1.29, 1.82) is 0 Å². The fourth-order valence-electron chi connectivity index (χ4n) is 3.40. The largest absolute Gasteiger partial charge is 0.355 e. The monoisotopic (exact) mass is 385 g/mol. The molecule has 0 radical (unpaired) electrons. The third kappa shape index (κ3) is 6.98. The Labute approximate surface area is 167 Å². The van der Waals surface area contributed by atoms with E-state index in [1.807, 2.05) is 24.3 Å². The van der Waals surface area contributed by atoms with Crippen LogP contribution in [0.1, 0.15) is 11.1 Å². The predicted molar refractivity (Wildman–Crippen MR) is 111 cm³/mol. The van der Waals surface area contributed by atoms with E-state index >= 15 is 0 Å². The molecule has 144 valence electrons. The van der Waals surface area contributed by atoms with Gasteiger partial charge in [0.1, 0.15) is 0 Å². The Kier molecular flexibility index (Phi) is 7.69. The van der Waals surface area contributed by atoms with Gasteiger partial charge >= 0.3 is 0 Å². The van der Waals surface area contributed by atoms with Gasteiger partial charge in [-0.1, -0.05) is 54.1 Å². The molecule has 1 fully saturated rings. The van der Waals surface area contributed by atoms with E-state index in [2.05, 4.69) is 45.4 Å². The van der Waals surface area contributed by atoms with E-state index in [1.54, 1.807) is 0 Å². The number of nitrogens with zero attached hydrogens (tertiary/aromatic N) is 2. The standard InChI is InChI=1S/C22H28ClN3O/c23-21-8-4-7-20(17-21)9-11-24-22(27)18-26-15-13-25(14-16-26)12-10-19-5-2-1-3-6-19/h1-8,17H,9-16,18H2,(H,24,27). The zero-order valence-electron chi connectivity index (χ0n) is 15.7. The van der Waals surface area contributed by atoms with Crippen LogP contribution < -0.4 is 5.32 Å². The van der Waals surface area contributed by atoms with Gasteiger partial charge in [0.2, 0.25) is 5.91 Å². The number of amides is 1. The highest BCUT2D eigenvalue weighted by Gasteiger charge is 2.18. The van der Waals surface area contributed by atoms with E-state index in [4.69, 9.17) is 11.6 Å². The highest BCUT2D eigenvalue weighted by molar-refractivity contribution is 6.30. The third-order valence-electron chi connectivity index (χ3n) is 5.02. The summed E-state index contributed by atoms with van der Waals surface area (Å²) >= 11 is 5.99. The van der Waals surface area contributed by atoms with Crippen molar-refractivity contribution in [2.75, 3.05) is 45.8 Å². The van der Waals surface area contributed by atoms with Crippen LogP contribution >= 0.6 is 11.6 Å². The molecular formula is C22H28ClN3O. The molecular weight excluding hydrogens is 358 g/mol. The summed E-state index contributed by atoms with van der Waals surface area (Å²) in [5, 5.41) is 3.76. The normalized spacial score (nSPS) is 15.6. The van der Waals surface area contributed by atoms with Crippen LogP contribution in [-0.4, -0.2) is 61.5 Å². The number of carbonyl (C=O) groups is 1. The van der Waals surface area contributed by atoms with Crippen molar-refractivity contribution in [1.82, 2.24) is 15.1 Å². The minimum atomic E-state index is 0.106. The van der Waals surface area contributed by atoms with Crippen LogP contribution in [0.15, 0.2) is 54.6 Å². The molecule has 2 aromatic carbocycles. The highest BCUT2D eigenvalue weighted by atomic mass is 35.5.